The van der Waals surface area contributed by atoms with Crippen LogP contribution in [0.3, 0.4) is 0 Å². The molecule has 1 aliphatic heterocycles. The molecule has 0 amide bonds. The molecule has 0 saturated carbocycles. The lowest BCUT2D eigenvalue weighted by molar-refractivity contribution is -0.00709. The molecule has 5 rings (SSSR count). The van der Waals surface area contributed by atoms with E-state index in [-0.39, 0.29) is 17.8 Å². The molecule has 0 aliphatic carbocycles. The summed E-state index contributed by atoms with van der Waals surface area (Å²) in [6.07, 6.45) is 8.66. The third-order valence-electron chi connectivity index (χ3n) is 6.62. The van der Waals surface area contributed by atoms with Gasteiger partial charge in [-0.3, -0.25) is 9.55 Å². The van der Waals surface area contributed by atoms with E-state index in [0.717, 1.165) is 18.2 Å². The Hall–Kier alpha value is -4.05. The van der Waals surface area contributed by atoms with Crippen molar-refractivity contribution < 1.29 is 9.15 Å². The van der Waals surface area contributed by atoms with Crippen LogP contribution in [0.25, 0.3) is 38.9 Å². The minimum atomic E-state index is -0.337. The molecule has 1 saturated heterocycles. The van der Waals surface area contributed by atoms with E-state index in [1.807, 2.05) is 18.2 Å². The normalized spacial score (nSPS) is 18.5. The Morgan fingerprint density at radius 3 is 2.83 bits per heavy atom. The first-order chi connectivity index (χ1) is 17.6. The van der Waals surface area contributed by atoms with E-state index >= 15 is 0 Å². The molecule has 186 valence electrons. The second-order valence-electron chi connectivity index (χ2n) is 8.75. The molecule has 3 N–H and O–H groups in total. The van der Waals surface area contributed by atoms with Gasteiger partial charge in [0.05, 0.1) is 18.0 Å². The molecule has 2 atom stereocenters. The number of nitrogens with zero attached hydrogens (tertiary/aromatic N) is 4. The first-order valence-electron chi connectivity index (χ1n) is 12.1. The van der Waals surface area contributed by atoms with Crippen molar-refractivity contribution in [2.24, 2.45) is 0 Å². The Bertz CT molecular complexity index is 1500. The zero-order valence-electron chi connectivity index (χ0n) is 20.5. The van der Waals surface area contributed by atoms with E-state index in [4.69, 9.17) is 14.6 Å². The Morgan fingerprint density at radius 2 is 2.14 bits per heavy atom. The third-order valence-corrected chi connectivity index (χ3v) is 6.62. The number of aromatic nitrogens is 4. The molecular weight excluding hydrogens is 458 g/mol. The second-order valence-corrected chi connectivity index (χ2v) is 8.75. The lowest BCUT2D eigenvalue weighted by atomic mass is 10.0. The van der Waals surface area contributed by atoms with Gasteiger partial charge in [0.25, 0.3) is 0 Å². The standard InChI is InChI=1S/C26H29N7O3/c1-4-18-9-17(7-8-35-18)33-24-19-10-20(16(11-27)12-28-2)30-14-21(19)36-25(24)23(32-26(33)34)15-5-6-22(29-3)31-13-15/h5-6,10-14,17-18,27-28H,4,7-9H2,1-3H3,(H,29,31)/b16-12+,27-11?. The summed E-state index contributed by atoms with van der Waals surface area (Å²) in [5.41, 5.74) is 3.74. The van der Waals surface area contributed by atoms with E-state index in [1.54, 1.807) is 37.3 Å². The molecule has 36 heavy (non-hydrogen) atoms. The first kappa shape index (κ1) is 23.7. The highest BCUT2D eigenvalue weighted by molar-refractivity contribution is 6.11. The van der Waals surface area contributed by atoms with Gasteiger partial charge in [-0.2, -0.15) is 4.98 Å². The summed E-state index contributed by atoms with van der Waals surface area (Å²) < 4.78 is 14.0. The summed E-state index contributed by atoms with van der Waals surface area (Å²) in [4.78, 5) is 27.0. The van der Waals surface area contributed by atoms with Crippen molar-refractivity contribution >= 4 is 39.7 Å². The topological polar surface area (TPSA) is 131 Å². The van der Waals surface area contributed by atoms with E-state index in [9.17, 15) is 4.79 Å². The predicted octanol–water partition coefficient (Wildman–Crippen LogP) is 3.98. The van der Waals surface area contributed by atoms with Gasteiger partial charge in [-0.25, -0.2) is 9.78 Å². The molecule has 0 bridgehead atoms. The monoisotopic (exact) mass is 487 g/mol. The molecule has 4 aromatic rings. The summed E-state index contributed by atoms with van der Waals surface area (Å²) in [7, 11) is 3.57. The number of furan rings is 1. The number of anilines is 1. The van der Waals surface area contributed by atoms with Crippen LogP contribution in [0.2, 0.25) is 0 Å². The van der Waals surface area contributed by atoms with E-state index in [2.05, 4.69) is 32.5 Å². The number of allylic oxidation sites excluding steroid dienone is 1. The molecule has 0 spiro atoms. The van der Waals surface area contributed by atoms with Crippen molar-refractivity contribution in [2.75, 3.05) is 26.0 Å². The van der Waals surface area contributed by atoms with Gasteiger partial charge >= 0.3 is 5.69 Å². The Kier molecular flexibility index (Phi) is 6.51. The van der Waals surface area contributed by atoms with Crippen LogP contribution in [0.1, 0.15) is 37.9 Å². The molecule has 0 radical (unpaired) electrons. The van der Waals surface area contributed by atoms with Crippen LogP contribution in [0.5, 0.6) is 0 Å². The van der Waals surface area contributed by atoms with Gasteiger partial charge in [-0.05, 0) is 37.5 Å². The van der Waals surface area contributed by atoms with Gasteiger partial charge in [0.1, 0.15) is 17.0 Å². The van der Waals surface area contributed by atoms with Crippen molar-refractivity contribution in [2.45, 2.75) is 38.3 Å². The molecule has 1 fully saturated rings. The van der Waals surface area contributed by atoms with E-state index < -0.39 is 0 Å². The van der Waals surface area contributed by atoms with Crippen molar-refractivity contribution in [1.82, 2.24) is 24.8 Å². The lowest BCUT2D eigenvalue weighted by Crippen LogP contribution is -2.34. The minimum absolute atomic E-state index is 0.0717. The Labute approximate surface area is 207 Å². The highest BCUT2D eigenvalue weighted by Crippen LogP contribution is 2.37. The van der Waals surface area contributed by atoms with Crippen LogP contribution in [0, 0.1) is 5.41 Å². The van der Waals surface area contributed by atoms with Crippen LogP contribution in [0.15, 0.2) is 46.0 Å². The molecule has 10 heteroatoms. The van der Waals surface area contributed by atoms with Crippen molar-refractivity contribution in [3.05, 3.63) is 53.0 Å². The summed E-state index contributed by atoms with van der Waals surface area (Å²) in [5, 5.41) is 14.5. The molecule has 1 aliphatic rings. The number of hydrogen-bond acceptors (Lipinski definition) is 9. The van der Waals surface area contributed by atoms with E-state index in [0.29, 0.717) is 58.1 Å². The zero-order chi connectivity index (χ0) is 25.2. The SMILES string of the molecule is CCC1CC(n2c(=O)nc(-c3ccc(NC)nc3)c3oc4cnc(/C(C=N)=C/NC)cc4c32)CCO1. The fourth-order valence-corrected chi connectivity index (χ4v) is 4.78. The zero-order valence-corrected chi connectivity index (χ0v) is 20.5. The van der Waals surface area contributed by atoms with E-state index in [1.165, 1.54) is 6.21 Å². The number of fused-ring (bicyclic) bond motifs is 3. The maximum absolute atomic E-state index is 13.6. The van der Waals surface area contributed by atoms with Gasteiger partial charge in [-0.1, -0.05) is 6.92 Å². The summed E-state index contributed by atoms with van der Waals surface area (Å²) >= 11 is 0. The van der Waals surface area contributed by atoms with Crippen LogP contribution in [0.4, 0.5) is 5.82 Å². The highest BCUT2D eigenvalue weighted by atomic mass is 16.5. The quantitative estimate of drug-likeness (QED) is 0.334. The minimum Gasteiger partial charge on any atom is -0.450 e. The van der Waals surface area contributed by atoms with Crippen molar-refractivity contribution in [1.29, 1.82) is 5.41 Å². The summed E-state index contributed by atoms with van der Waals surface area (Å²) in [5.74, 6) is 0.713. The van der Waals surface area contributed by atoms with Gasteiger partial charge in [-0.15, -0.1) is 0 Å². The molecule has 0 aromatic carbocycles. The molecule has 10 nitrogen and oxygen atoms in total. The average Bonchev–Trinajstić information content (AvgIpc) is 3.30. The molecule has 4 aromatic heterocycles. The maximum atomic E-state index is 13.6. The van der Waals surface area contributed by atoms with Crippen LogP contribution in [-0.2, 0) is 4.74 Å². The third kappa shape index (κ3) is 4.13. The summed E-state index contributed by atoms with van der Waals surface area (Å²) in [6, 6.07) is 5.50. The number of ether oxygens (including phenoxy) is 1. The van der Waals surface area contributed by atoms with Crippen molar-refractivity contribution in [3.8, 4) is 11.3 Å². The fourth-order valence-electron chi connectivity index (χ4n) is 4.78. The van der Waals surface area contributed by atoms with Gasteiger partial charge in [0.15, 0.2) is 11.2 Å². The Balaban J connectivity index is 1.81. The van der Waals surface area contributed by atoms with Gasteiger partial charge in [0.2, 0.25) is 0 Å². The number of pyridine rings is 2. The molecule has 2 unspecified atom stereocenters. The molecular formula is C26H29N7O3. The number of hydrogen-bond donors (Lipinski definition) is 3. The number of rotatable bonds is 7. The van der Waals surface area contributed by atoms with Crippen LogP contribution < -0.4 is 16.3 Å². The van der Waals surface area contributed by atoms with Crippen LogP contribution in [-0.4, -0.2) is 52.5 Å². The summed E-state index contributed by atoms with van der Waals surface area (Å²) in [6.45, 7) is 2.67. The largest absolute Gasteiger partial charge is 0.450 e. The molecule has 5 heterocycles. The lowest BCUT2D eigenvalue weighted by Gasteiger charge is -2.30. The number of nitrogens with one attached hydrogen (secondary N) is 3. The Morgan fingerprint density at radius 1 is 1.28 bits per heavy atom. The second kappa shape index (κ2) is 9.90. The van der Waals surface area contributed by atoms with Crippen molar-refractivity contribution in [3.63, 3.8) is 0 Å². The smallest absolute Gasteiger partial charge is 0.349 e. The highest BCUT2D eigenvalue weighted by Gasteiger charge is 2.29. The van der Waals surface area contributed by atoms with Gasteiger partial charge in [0, 0.05) is 61.9 Å². The first-order valence-corrected chi connectivity index (χ1v) is 12.1. The fraction of sp³-hybridized carbons (Fsp3) is 0.346. The van der Waals surface area contributed by atoms with Gasteiger partial charge < -0.3 is 25.2 Å². The predicted molar refractivity (Wildman–Crippen MR) is 140 cm³/mol. The van der Waals surface area contributed by atoms with Crippen LogP contribution >= 0.6 is 0 Å². The maximum Gasteiger partial charge on any atom is 0.349 e. The average molecular weight is 488 g/mol.